The minimum Gasteiger partial charge on any atom is -0.338 e. The number of halogens is 1. The molecule has 3 aromatic rings. The zero-order valence-electron chi connectivity index (χ0n) is 17.4. The van der Waals surface area contributed by atoms with Crippen molar-refractivity contribution in [2.24, 2.45) is 11.8 Å². The van der Waals surface area contributed by atoms with Gasteiger partial charge in [-0.05, 0) is 36.1 Å². The molecule has 0 radical (unpaired) electrons. The van der Waals surface area contributed by atoms with Gasteiger partial charge in [0.15, 0.2) is 0 Å². The van der Waals surface area contributed by atoms with Crippen molar-refractivity contribution < 1.29 is 9.18 Å². The lowest BCUT2D eigenvalue weighted by molar-refractivity contribution is 0.0495. The van der Waals surface area contributed by atoms with E-state index < -0.39 is 5.82 Å². The van der Waals surface area contributed by atoms with E-state index in [0.29, 0.717) is 42.6 Å². The van der Waals surface area contributed by atoms with Crippen molar-refractivity contribution in [3.63, 3.8) is 0 Å². The molecule has 7 heteroatoms. The Kier molecular flexibility index (Phi) is 5.06. The summed E-state index contributed by atoms with van der Waals surface area (Å²) in [7, 11) is 0. The quantitative estimate of drug-likeness (QED) is 0.643. The Morgan fingerprint density at radius 1 is 1.23 bits per heavy atom. The Morgan fingerprint density at radius 2 is 1.97 bits per heavy atom. The Morgan fingerprint density at radius 3 is 2.71 bits per heavy atom. The Labute approximate surface area is 179 Å². The van der Waals surface area contributed by atoms with Crippen LogP contribution in [-0.4, -0.2) is 46.7 Å². The van der Waals surface area contributed by atoms with E-state index in [2.05, 4.69) is 22.4 Å². The monoisotopic (exact) mass is 420 g/mol. The molecule has 2 aromatic carbocycles. The standard InChI is InChI=1S/C24H25FN4O2/c1-14-8-21(14)26-11-16-12-29(13-16)24(31)19-9-15(6-7-20(19)25)10-22-17-4-2-3-5-18(17)23(30)28-27-22/h2-7,9,14,16,21,26H,8,10-13H2,1H3,(H,28,30). The van der Waals surface area contributed by atoms with Crippen LogP contribution in [0.1, 0.15) is 35.0 Å². The minimum atomic E-state index is -0.513. The number of hydrogen-bond acceptors (Lipinski definition) is 4. The highest BCUT2D eigenvalue weighted by Gasteiger charge is 2.36. The largest absolute Gasteiger partial charge is 0.338 e. The molecule has 5 rings (SSSR count). The van der Waals surface area contributed by atoms with Crippen LogP contribution < -0.4 is 10.9 Å². The number of fused-ring (bicyclic) bond motifs is 1. The van der Waals surface area contributed by atoms with Crippen LogP contribution in [0.25, 0.3) is 10.8 Å². The van der Waals surface area contributed by atoms with Gasteiger partial charge in [0, 0.05) is 43.4 Å². The van der Waals surface area contributed by atoms with E-state index in [4.69, 9.17) is 0 Å². The topological polar surface area (TPSA) is 78.1 Å². The third-order valence-electron chi connectivity index (χ3n) is 6.43. The van der Waals surface area contributed by atoms with Crippen molar-refractivity contribution >= 4 is 16.7 Å². The Balaban J connectivity index is 1.29. The van der Waals surface area contributed by atoms with Gasteiger partial charge in [-0.15, -0.1) is 0 Å². The molecule has 2 unspecified atom stereocenters. The average Bonchev–Trinajstić information content (AvgIpc) is 3.45. The minimum absolute atomic E-state index is 0.0912. The van der Waals surface area contributed by atoms with E-state index in [1.807, 2.05) is 12.1 Å². The summed E-state index contributed by atoms with van der Waals surface area (Å²) in [5.41, 5.74) is 1.31. The fourth-order valence-corrected chi connectivity index (χ4v) is 4.31. The van der Waals surface area contributed by atoms with Gasteiger partial charge in [-0.1, -0.05) is 31.2 Å². The van der Waals surface area contributed by atoms with E-state index in [-0.39, 0.29) is 17.0 Å². The van der Waals surface area contributed by atoms with Crippen molar-refractivity contribution in [1.29, 1.82) is 0 Å². The van der Waals surface area contributed by atoms with Crippen LogP contribution in [0.3, 0.4) is 0 Å². The molecular formula is C24H25FN4O2. The molecule has 1 amide bonds. The highest BCUT2D eigenvalue weighted by Crippen LogP contribution is 2.30. The number of aromatic amines is 1. The Bertz CT molecular complexity index is 1200. The maximum Gasteiger partial charge on any atom is 0.272 e. The van der Waals surface area contributed by atoms with Crippen LogP contribution in [0.15, 0.2) is 47.3 Å². The number of amides is 1. The highest BCUT2D eigenvalue weighted by molar-refractivity contribution is 5.95. The lowest BCUT2D eigenvalue weighted by atomic mass is 9.97. The molecule has 1 aliphatic heterocycles. The second kappa shape index (κ2) is 7.89. The average molecular weight is 420 g/mol. The van der Waals surface area contributed by atoms with Crippen molar-refractivity contribution in [1.82, 2.24) is 20.4 Å². The number of benzene rings is 2. The smallest absolute Gasteiger partial charge is 0.272 e. The zero-order valence-corrected chi connectivity index (χ0v) is 17.4. The molecule has 31 heavy (non-hydrogen) atoms. The molecule has 2 atom stereocenters. The molecule has 2 aliphatic rings. The predicted molar refractivity (Wildman–Crippen MR) is 117 cm³/mol. The summed E-state index contributed by atoms with van der Waals surface area (Å²) in [5.74, 6) is 0.402. The first-order valence-corrected chi connectivity index (χ1v) is 10.8. The van der Waals surface area contributed by atoms with Crippen molar-refractivity contribution in [3.8, 4) is 0 Å². The molecule has 1 aliphatic carbocycles. The zero-order chi connectivity index (χ0) is 21.5. The number of rotatable bonds is 6. The van der Waals surface area contributed by atoms with E-state index in [1.54, 1.807) is 29.2 Å². The van der Waals surface area contributed by atoms with Gasteiger partial charge in [0.2, 0.25) is 0 Å². The van der Waals surface area contributed by atoms with Crippen LogP contribution >= 0.6 is 0 Å². The van der Waals surface area contributed by atoms with Gasteiger partial charge in [0.1, 0.15) is 5.82 Å². The first-order valence-electron chi connectivity index (χ1n) is 10.8. The Hall–Kier alpha value is -3.06. The molecule has 2 N–H and O–H groups in total. The summed E-state index contributed by atoms with van der Waals surface area (Å²) in [6, 6.07) is 12.5. The number of likely N-dealkylation sites (tertiary alicyclic amines) is 1. The van der Waals surface area contributed by atoms with E-state index in [1.165, 1.54) is 12.5 Å². The molecule has 1 saturated carbocycles. The predicted octanol–water partition coefficient (Wildman–Crippen LogP) is 2.72. The number of aromatic nitrogens is 2. The molecule has 1 saturated heterocycles. The van der Waals surface area contributed by atoms with E-state index >= 15 is 0 Å². The number of carbonyl (C=O) groups excluding carboxylic acids is 1. The summed E-state index contributed by atoms with van der Waals surface area (Å²) < 4.78 is 14.5. The molecule has 2 fully saturated rings. The molecule has 0 spiro atoms. The summed E-state index contributed by atoms with van der Waals surface area (Å²) in [6.45, 7) is 4.45. The summed E-state index contributed by atoms with van der Waals surface area (Å²) in [4.78, 5) is 26.6. The maximum atomic E-state index is 14.5. The third-order valence-corrected chi connectivity index (χ3v) is 6.43. The molecule has 6 nitrogen and oxygen atoms in total. The van der Waals surface area contributed by atoms with Crippen molar-refractivity contribution in [2.45, 2.75) is 25.8 Å². The van der Waals surface area contributed by atoms with Gasteiger partial charge in [-0.3, -0.25) is 9.59 Å². The summed E-state index contributed by atoms with van der Waals surface area (Å²) in [5, 5.41) is 11.5. The second-order valence-corrected chi connectivity index (χ2v) is 8.84. The van der Waals surface area contributed by atoms with Gasteiger partial charge >= 0.3 is 0 Å². The maximum absolute atomic E-state index is 14.5. The molecule has 160 valence electrons. The SMILES string of the molecule is CC1CC1NCC1CN(C(=O)c2cc(Cc3n[nH]c(=O)c4ccccc34)ccc2F)C1. The van der Waals surface area contributed by atoms with Crippen LogP contribution in [-0.2, 0) is 6.42 Å². The first kappa shape index (κ1) is 19.9. The molecule has 1 aromatic heterocycles. The first-order chi connectivity index (χ1) is 15.0. The van der Waals surface area contributed by atoms with E-state index in [0.717, 1.165) is 23.4 Å². The summed E-state index contributed by atoms with van der Waals surface area (Å²) in [6.07, 6.45) is 1.62. The van der Waals surface area contributed by atoms with Crippen LogP contribution in [0.4, 0.5) is 4.39 Å². The van der Waals surface area contributed by atoms with Crippen LogP contribution in [0.5, 0.6) is 0 Å². The molecular weight excluding hydrogens is 395 g/mol. The van der Waals surface area contributed by atoms with Gasteiger partial charge in [0.05, 0.1) is 16.6 Å². The lowest BCUT2D eigenvalue weighted by Crippen LogP contribution is -2.53. The van der Waals surface area contributed by atoms with Crippen LogP contribution in [0, 0.1) is 17.7 Å². The van der Waals surface area contributed by atoms with Gasteiger partial charge in [-0.25, -0.2) is 9.49 Å². The second-order valence-electron chi connectivity index (χ2n) is 8.84. The van der Waals surface area contributed by atoms with Gasteiger partial charge in [-0.2, -0.15) is 5.10 Å². The lowest BCUT2D eigenvalue weighted by Gasteiger charge is -2.39. The number of hydrogen-bond donors (Lipinski definition) is 2. The highest BCUT2D eigenvalue weighted by atomic mass is 19.1. The normalized spacial score (nSPS) is 20.6. The summed E-state index contributed by atoms with van der Waals surface area (Å²) >= 11 is 0. The fraction of sp³-hybridized carbons (Fsp3) is 0.375. The fourth-order valence-electron chi connectivity index (χ4n) is 4.31. The molecule has 2 heterocycles. The van der Waals surface area contributed by atoms with Gasteiger partial charge in [0.25, 0.3) is 11.5 Å². The van der Waals surface area contributed by atoms with E-state index in [9.17, 15) is 14.0 Å². The van der Waals surface area contributed by atoms with Crippen molar-refractivity contribution in [3.05, 3.63) is 75.5 Å². The third kappa shape index (κ3) is 3.97. The van der Waals surface area contributed by atoms with Crippen LogP contribution in [0.2, 0.25) is 0 Å². The number of carbonyl (C=O) groups is 1. The van der Waals surface area contributed by atoms with Crippen molar-refractivity contribution in [2.75, 3.05) is 19.6 Å². The number of nitrogens with one attached hydrogen (secondary N) is 2. The molecule has 0 bridgehead atoms. The van der Waals surface area contributed by atoms with Gasteiger partial charge < -0.3 is 10.2 Å². The number of nitrogens with zero attached hydrogens (tertiary/aromatic N) is 2. The number of H-pyrrole nitrogens is 1.